The quantitative estimate of drug-likeness (QED) is 0.0338. The first kappa shape index (κ1) is 38.4. The highest BCUT2D eigenvalue weighted by Crippen LogP contribution is 2.49. The number of esters is 3. The number of nitro groups is 2. The molecule has 6 rings (SSSR count). The highest BCUT2D eigenvalue weighted by Gasteiger charge is 2.59. The van der Waals surface area contributed by atoms with Gasteiger partial charge in [-0.1, -0.05) is 51.1 Å². The van der Waals surface area contributed by atoms with Crippen LogP contribution in [0.1, 0.15) is 47.1 Å². The molecule has 1 N–H and O–H groups in total. The number of amides is 2. The number of fused-ring (bicyclic) bond motifs is 2. The molecule has 0 radical (unpaired) electrons. The van der Waals surface area contributed by atoms with E-state index in [-0.39, 0.29) is 71.1 Å². The monoisotopic (exact) mass is 763 g/mol. The van der Waals surface area contributed by atoms with Gasteiger partial charge in [-0.05, 0) is 47.2 Å². The summed E-state index contributed by atoms with van der Waals surface area (Å²) in [4.78, 5) is 90.4. The molecule has 2 aliphatic heterocycles. The number of aliphatic imine (C=N–C) groups is 1. The van der Waals surface area contributed by atoms with Crippen molar-refractivity contribution in [2.45, 2.75) is 33.4 Å². The first-order valence-corrected chi connectivity index (χ1v) is 17.2. The minimum absolute atomic E-state index is 0.0182. The lowest BCUT2D eigenvalue weighted by Gasteiger charge is -2.47. The molecule has 17 heteroatoms. The standard InChI is InChI=1S/C39H33N5O12/c1-21(2)32-33-22(3)30(34(42(33)35(32)45)38(48)55-36(46)23-10-14-26(15-11-23)43(50)51)19-54-31-9-5-7-28-25(6-4-8-29(28)31)18-40-20-41-39(49)56-37(47)24-12-16-27(17-13-24)44(52)53/h4-17,20-22,32-33H,18-19H2,1-3H3,(H,40,41,49)/t22-,32+,33+/m0/s1. The summed E-state index contributed by atoms with van der Waals surface area (Å²) in [6.45, 7) is 5.71. The van der Waals surface area contributed by atoms with Crippen molar-refractivity contribution in [3.63, 3.8) is 0 Å². The maximum Gasteiger partial charge on any atom is 0.420 e. The van der Waals surface area contributed by atoms with E-state index in [9.17, 15) is 44.2 Å². The van der Waals surface area contributed by atoms with Gasteiger partial charge in [0.15, 0.2) is 0 Å². The van der Waals surface area contributed by atoms with E-state index in [1.165, 1.54) is 29.2 Å². The second-order valence-electron chi connectivity index (χ2n) is 13.3. The van der Waals surface area contributed by atoms with Crippen molar-refractivity contribution in [1.82, 2.24) is 10.2 Å². The van der Waals surface area contributed by atoms with Crippen LogP contribution in [0, 0.1) is 38.0 Å². The number of carbonyl (C=O) groups excluding carboxylic acids is 5. The number of nitro benzene ring substituents is 2. The molecule has 4 aromatic rings. The Morgan fingerprint density at radius 2 is 1.39 bits per heavy atom. The first-order chi connectivity index (χ1) is 26.8. The third-order valence-corrected chi connectivity index (χ3v) is 9.60. The number of nitrogens with zero attached hydrogens (tertiary/aromatic N) is 4. The molecule has 0 bridgehead atoms. The number of hydrogen-bond donors (Lipinski definition) is 1. The second-order valence-corrected chi connectivity index (χ2v) is 13.3. The molecule has 3 atom stereocenters. The Morgan fingerprint density at radius 1 is 0.821 bits per heavy atom. The summed E-state index contributed by atoms with van der Waals surface area (Å²) in [5, 5.41) is 25.5. The third-order valence-electron chi connectivity index (χ3n) is 9.60. The number of ether oxygens (including phenoxy) is 3. The van der Waals surface area contributed by atoms with Crippen LogP contribution in [0.2, 0.25) is 0 Å². The van der Waals surface area contributed by atoms with E-state index >= 15 is 0 Å². The van der Waals surface area contributed by atoms with Gasteiger partial charge in [0.25, 0.3) is 11.4 Å². The molecule has 2 amide bonds. The molecule has 0 saturated carbocycles. The van der Waals surface area contributed by atoms with Gasteiger partial charge >= 0.3 is 24.0 Å². The molecule has 0 spiro atoms. The zero-order chi connectivity index (χ0) is 40.3. The summed E-state index contributed by atoms with van der Waals surface area (Å²) in [5.74, 6) is -3.59. The molecule has 2 heterocycles. The van der Waals surface area contributed by atoms with Crippen LogP contribution in [0.3, 0.4) is 0 Å². The van der Waals surface area contributed by atoms with E-state index < -0.39 is 33.8 Å². The van der Waals surface area contributed by atoms with Gasteiger partial charge < -0.3 is 19.1 Å². The molecule has 2 aliphatic rings. The van der Waals surface area contributed by atoms with Crippen molar-refractivity contribution >= 4 is 58.4 Å². The Balaban J connectivity index is 1.15. The highest BCUT2D eigenvalue weighted by molar-refractivity contribution is 6.06. The maximum atomic E-state index is 13.6. The summed E-state index contributed by atoms with van der Waals surface area (Å²) in [5.41, 5.74) is 0.540. The third kappa shape index (κ3) is 7.68. The van der Waals surface area contributed by atoms with E-state index in [0.717, 1.165) is 41.6 Å². The maximum absolute atomic E-state index is 13.6. The van der Waals surface area contributed by atoms with Crippen LogP contribution in [0.5, 0.6) is 5.75 Å². The molecule has 286 valence electrons. The number of rotatable bonds is 12. The lowest BCUT2D eigenvalue weighted by atomic mass is 9.74. The van der Waals surface area contributed by atoms with Crippen LogP contribution < -0.4 is 10.1 Å². The number of non-ortho nitro benzene ring substituents is 2. The summed E-state index contributed by atoms with van der Waals surface area (Å²) in [7, 11) is 0. The van der Waals surface area contributed by atoms with Gasteiger partial charge in [0.2, 0.25) is 5.91 Å². The van der Waals surface area contributed by atoms with E-state index in [2.05, 4.69) is 10.3 Å². The highest BCUT2D eigenvalue weighted by atomic mass is 16.6. The lowest BCUT2D eigenvalue weighted by molar-refractivity contribution is -0.385. The van der Waals surface area contributed by atoms with Crippen molar-refractivity contribution in [1.29, 1.82) is 0 Å². The Kier molecular flexibility index (Phi) is 11.0. The molecular weight excluding hydrogens is 730 g/mol. The molecule has 4 aromatic carbocycles. The van der Waals surface area contributed by atoms with Crippen LogP contribution in [-0.4, -0.2) is 63.6 Å². The predicted molar refractivity (Wildman–Crippen MR) is 197 cm³/mol. The Hall–Kier alpha value is -7.30. The van der Waals surface area contributed by atoms with Gasteiger partial charge in [0.1, 0.15) is 18.1 Å². The molecule has 0 aromatic heterocycles. The molecular formula is C39H33N5O12. The van der Waals surface area contributed by atoms with Crippen molar-refractivity contribution in [2.24, 2.45) is 22.7 Å². The van der Waals surface area contributed by atoms with E-state index in [1.54, 1.807) is 18.2 Å². The van der Waals surface area contributed by atoms with Crippen molar-refractivity contribution < 1.29 is 48.0 Å². The summed E-state index contributed by atoms with van der Waals surface area (Å²) < 4.78 is 16.2. The van der Waals surface area contributed by atoms with Gasteiger partial charge in [-0.25, -0.2) is 19.2 Å². The smallest absolute Gasteiger partial charge is 0.420 e. The van der Waals surface area contributed by atoms with E-state index in [1.807, 2.05) is 39.0 Å². The van der Waals surface area contributed by atoms with Crippen molar-refractivity contribution in [3.8, 4) is 5.75 Å². The van der Waals surface area contributed by atoms with Crippen LogP contribution >= 0.6 is 0 Å². The molecule has 1 saturated heterocycles. The number of β-lactam (4-membered cyclic amide) rings is 1. The Morgan fingerprint density at radius 3 is 1.98 bits per heavy atom. The van der Waals surface area contributed by atoms with Crippen molar-refractivity contribution in [3.05, 3.63) is 133 Å². The average molecular weight is 764 g/mol. The van der Waals surface area contributed by atoms with Gasteiger partial charge in [0.05, 0.1) is 45.8 Å². The fourth-order valence-electron chi connectivity index (χ4n) is 6.82. The van der Waals surface area contributed by atoms with Gasteiger partial charge in [-0.3, -0.25) is 35.3 Å². The summed E-state index contributed by atoms with van der Waals surface area (Å²) in [6.07, 6.45) is -0.0349. The van der Waals surface area contributed by atoms with Crippen molar-refractivity contribution in [2.75, 3.05) is 6.61 Å². The topological polar surface area (TPSA) is 227 Å². The minimum Gasteiger partial charge on any atom is -0.488 e. The molecule has 1 fully saturated rings. The summed E-state index contributed by atoms with van der Waals surface area (Å²) in [6, 6.07) is 19.6. The Bertz CT molecular complexity index is 2340. The van der Waals surface area contributed by atoms with Crippen LogP contribution in [0.25, 0.3) is 10.8 Å². The predicted octanol–water partition coefficient (Wildman–Crippen LogP) is 5.90. The lowest BCUT2D eigenvalue weighted by Crippen LogP contribution is -2.62. The molecule has 0 aliphatic carbocycles. The van der Waals surface area contributed by atoms with Crippen LogP contribution in [0.15, 0.2) is 101 Å². The fraction of sp³-hybridized carbons (Fsp3) is 0.231. The number of nitrogens with one attached hydrogen (secondary N) is 1. The number of benzene rings is 4. The zero-order valence-electron chi connectivity index (χ0n) is 30.1. The SMILES string of the molecule is CC(C)[C@H]1C(=O)N2C(C(=O)OC(=O)c3ccc([N+](=O)[O-])cc3)=C(COc3cccc4c(CN=CNC(=O)OC(=O)c5ccc([N+](=O)[O-])cc5)cccc34)[C@H](C)[C@H]12. The van der Waals surface area contributed by atoms with Gasteiger partial charge in [-0.15, -0.1) is 0 Å². The minimum atomic E-state index is -1.11. The first-order valence-electron chi connectivity index (χ1n) is 17.2. The molecule has 17 nitrogen and oxygen atoms in total. The Labute approximate surface area is 317 Å². The summed E-state index contributed by atoms with van der Waals surface area (Å²) >= 11 is 0. The number of hydrogen-bond acceptors (Lipinski definition) is 13. The molecule has 56 heavy (non-hydrogen) atoms. The average Bonchev–Trinajstić information content (AvgIpc) is 3.42. The van der Waals surface area contributed by atoms with Crippen LogP contribution in [-0.2, 0) is 25.6 Å². The number of carbonyl (C=O) groups is 5. The van der Waals surface area contributed by atoms with E-state index in [4.69, 9.17) is 14.2 Å². The van der Waals surface area contributed by atoms with E-state index in [0.29, 0.717) is 16.7 Å². The molecule has 0 unspecified atom stereocenters. The largest absolute Gasteiger partial charge is 0.488 e. The van der Waals surface area contributed by atoms with Crippen LogP contribution in [0.4, 0.5) is 16.2 Å². The fourth-order valence-corrected chi connectivity index (χ4v) is 6.82. The van der Waals surface area contributed by atoms with Gasteiger partial charge in [0, 0.05) is 41.1 Å². The van der Waals surface area contributed by atoms with Gasteiger partial charge in [-0.2, -0.15) is 0 Å². The second kappa shape index (κ2) is 16.0. The normalized spacial score (nSPS) is 17.4. The zero-order valence-corrected chi connectivity index (χ0v) is 30.1. The number of alkyl carbamates (subject to hydrolysis) is 1.